The monoisotopic (exact) mass is 705 g/mol. The van der Waals surface area contributed by atoms with Crippen molar-refractivity contribution in [3.05, 3.63) is 79.5 Å². The maximum absolute atomic E-state index is 14.1. The number of phenols is 1. The lowest BCUT2D eigenvalue weighted by Gasteiger charge is -2.42. The predicted molar refractivity (Wildman–Crippen MR) is 158 cm³/mol. The molecule has 2 amide bonds. The van der Waals surface area contributed by atoms with Crippen LogP contribution in [-0.4, -0.2) is 52.6 Å². The Morgan fingerprint density at radius 3 is 2.51 bits per heavy atom. The molecule has 4 atom stereocenters. The van der Waals surface area contributed by atoms with Crippen LogP contribution in [-0.2, 0) is 25.4 Å². The van der Waals surface area contributed by atoms with Crippen molar-refractivity contribution in [3.8, 4) is 11.5 Å². The molecule has 0 spiro atoms. The number of aromatic nitrogens is 1. The number of aromatic hydroxyl groups is 1. The van der Waals surface area contributed by atoms with Gasteiger partial charge in [0.2, 0.25) is 0 Å². The summed E-state index contributed by atoms with van der Waals surface area (Å²) in [5, 5.41) is 12.7. The van der Waals surface area contributed by atoms with Crippen LogP contribution in [0.5, 0.6) is 11.5 Å². The molecule has 2 heterocycles. The highest BCUT2D eigenvalue weighted by atomic mass is 79.9. The van der Waals surface area contributed by atoms with Gasteiger partial charge in [-0.05, 0) is 56.0 Å². The van der Waals surface area contributed by atoms with Crippen LogP contribution in [0.25, 0.3) is 0 Å². The van der Waals surface area contributed by atoms with E-state index in [4.69, 9.17) is 16.3 Å². The topological polar surface area (TPSA) is 117 Å². The van der Waals surface area contributed by atoms with E-state index in [0.29, 0.717) is 16.1 Å². The van der Waals surface area contributed by atoms with Crippen LogP contribution in [0.4, 0.5) is 19.0 Å². The number of halogens is 5. The van der Waals surface area contributed by atoms with E-state index in [2.05, 4.69) is 20.9 Å². The SMILES string of the molecule is COc1cc(Br)cc([C@H]2C3=CC[C@@H]4C(=O)N(N(C)c5nc(C(F)(F)F)ccc5Cl)C(=O)[C@@H]4[C@@H]3CC3=C2C(=O)C(C)=CC3=O)c1O. The molecule has 1 aromatic heterocycles. The number of imide groups is 1. The number of pyridine rings is 1. The third kappa shape index (κ3) is 4.78. The number of nitrogens with zero attached hydrogens (tertiary/aromatic N) is 3. The van der Waals surface area contributed by atoms with Gasteiger partial charge in [0.15, 0.2) is 28.9 Å². The van der Waals surface area contributed by atoms with Crippen LogP contribution in [0.3, 0.4) is 0 Å². The van der Waals surface area contributed by atoms with Gasteiger partial charge in [0.25, 0.3) is 11.8 Å². The molecule has 1 aromatic carbocycles. The number of allylic oxidation sites excluding steroid dienone is 6. The van der Waals surface area contributed by atoms with Crippen molar-refractivity contribution in [1.82, 2.24) is 9.99 Å². The molecular formula is C31H24BrClF3N3O6. The summed E-state index contributed by atoms with van der Waals surface area (Å²) >= 11 is 9.60. The number of Topliss-reactive ketones (excluding diaryl/α,β-unsaturated/α-hetero) is 1. The van der Waals surface area contributed by atoms with Crippen LogP contribution in [0.1, 0.15) is 36.9 Å². The molecule has 1 fully saturated rings. The van der Waals surface area contributed by atoms with E-state index in [1.54, 1.807) is 18.2 Å². The minimum absolute atomic E-state index is 0.0295. The Bertz CT molecular complexity index is 1820. The number of anilines is 1. The standard InChI is InChI=1S/C31H24BrClF3N3O6/c1-12-8-20(40)17-11-16-14(23(25(17)26(12)41)18-9-13(32)10-21(45-3)27(18)42)4-5-15-24(16)30(44)39(29(15)43)38(2)28-19(33)6-7-22(37-28)31(34,35)36/h4,6-10,15-16,23-24,42H,5,11H2,1-3H3/t15-,16+,23+,24-/m0/s1. The number of amides is 2. The summed E-state index contributed by atoms with van der Waals surface area (Å²) in [5.41, 5.74) is 0.167. The average Bonchev–Trinajstić information content (AvgIpc) is 3.24. The Kier molecular flexibility index (Phi) is 7.47. The summed E-state index contributed by atoms with van der Waals surface area (Å²) in [5.74, 6) is -6.37. The highest BCUT2D eigenvalue weighted by Gasteiger charge is 2.58. The fourth-order valence-corrected chi connectivity index (χ4v) is 7.56. The molecule has 0 radical (unpaired) electrons. The number of ether oxygens (including phenoxy) is 1. The highest BCUT2D eigenvalue weighted by Crippen LogP contribution is 2.57. The third-order valence-electron chi connectivity index (χ3n) is 8.87. The summed E-state index contributed by atoms with van der Waals surface area (Å²) in [7, 11) is 2.59. The number of hydrazine groups is 1. The minimum atomic E-state index is -4.80. The zero-order chi connectivity index (χ0) is 32.7. The van der Waals surface area contributed by atoms with Gasteiger partial charge in [-0.1, -0.05) is 39.2 Å². The van der Waals surface area contributed by atoms with Gasteiger partial charge in [-0.25, -0.2) is 4.98 Å². The first-order valence-electron chi connectivity index (χ1n) is 13.8. The number of rotatable bonds is 4. The van der Waals surface area contributed by atoms with Crippen molar-refractivity contribution >= 4 is 56.7 Å². The first kappa shape index (κ1) is 31.0. The van der Waals surface area contributed by atoms with E-state index in [-0.39, 0.29) is 57.4 Å². The lowest BCUT2D eigenvalue weighted by molar-refractivity contribution is -0.141. The lowest BCUT2D eigenvalue weighted by Crippen LogP contribution is -2.46. The minimum Gasteiger partial charge on any atom is -0.504 e. The molecule has 234 valence electrons. The zero-order valence-corrected chi connectivity index (χ0v) is 26.2. The van der Waals surface area contributed by atoms with Gasteiger partial charge in [0.05, 0.1) is 24.0 Å². The molecule has 1 saturated heterocycles. The van der Waals surface area contributed by atoms with Crippen molar-refractivity contribution in [2.24, 2.45) is 17.8 Å². The third-order valence-corrected chi connectivity index (χ3v) is 9.62. The molecule has 4 aliphatic rings. The Labute approximate surface area is 268 Å². The fourth-order valence-electron chi connectivity index (χ4n) is 6.88. The number of methoxy groups -OCH3 is 1. The van der Waals surface area contributed by atoms with Crippen molar-refractivity contribution < 1.29 is 42.2 Å². The van der Waals surface area contributed by atoms with Crippen molar-refractivity contribution in [2.75, 3.05) is 19.2 Å². The van der Waals surface area contributed by atoms with Gasteiger partial charge >= 0.3 is 6.18 Å². The maximum atomic E-state index is 14.1. The fraction of sp³-hybridized carbons (Fsp3) is 0.323. The number of alkyl halides is 3. The van der Waals surface area contributed by atoms with E-state index in [9.17, 15) is 37.5 Å². The number of hydrogen-bond acceptors (Lipinski definition) is 8. The molecule has 1 N–H and O–H groups in total. The number of ketones is 2. The summed E-state index contributed by atoms with van der Waals surface area (Å²) < 4.78 is 46.2. The van der Waals surface area contributed by atoms with Gasteiger partial charge in [0, 0.05) is 39.7 Å². The average molecular weight is 707 g/mol. The number of carbonyl (C=O) groups excluding carboxylic acids is 4. The van der Waals surface area contributed by atoms with Crippen molar-refractivity contribution in [2.45, 2.75) is 31.9 Å². The molecular weight excluding hydrogens is 683 g/mol. The summed E-state index contributed by atoms with van der Waals surface area (Å²) in [6.07, 6.45) is -1.78. The quantitative estimate of drug-likeness (QED) is 0.244. The number of hydrogen-bond donors (Lipinski definition) is 1. The number of carbonyl (C=O) groups is 4. The van der Waals surface area contributed by atoms with Gasteiger partial charge in [-0.2, -0.15) is 18.2 Å². The van der Waals surface area contributed by atoms with Crippen LogP contribution in [0, 0.1) is 17.8 Å². The molecule has 0 bridgehead atoms. The van der Waals surface area contributed by atoms with Crippen molar-refractivity contribution in [3.63, 3.8) is 0 Å². The van der Waals surface area contributed by atoms with Crippen LogP contribution in [0.2, 0.25) is 5.02 Å². The van der Waals surface area contributed by atoms with E-state index < -0.39 is 59.0 Å². The molecule has 3 aliphatic carbocycles. The molecule has 1 aliphatic heterocycles. The number of fused-ring (bicyclic) bond motifs is 3. The van der Waals surface area contributed by atoms with Gasteiger partial charge in [0.1, 0.15) is 5.69 Å². The van der Waals surface area contributed by atoms with E-state index >= 15 is 0 Å². The molecule has 14 heteroatoms. The first-order chi connectivity index (χ1) is 21.1. The number of benzene rings is 1. The lowest BCUT2D eigenvalue weighted by atomic mass is 9.59. The molecule has 0 saturated carbocycles. The molecule has 9 nitrogen and oxygen atoms in total. The largest absolute Gasteiger partial charge is 0.504 e. The Morgan fingerprint density at radius 1 is 1.13 bits per heavy atom. The number of phenolic OH excluding ortho intramolecular Hbond substituents is 1. The van der Waals surface area contributed by atoms with E-state index in [1.165, 1.54) is 27.2 Å². The van der Waals surface area contributed by atoms with Crippen LogP contribution >= 0.6 is 27.5 Å². The summed E-state index contributed by atoms with van der Waals surface area (Å²) in [6, 6.07) is 4.83. The molecule has 0 unspecified atom stereocenters. The second-order valence-electron chi connectivity index (χ2n) is 11.3. The van der Waals surface area contributed by atoms with Gasteiger partial charge < -0.3 is 9.84 Å². The Balaban J connectivity index is 1.46. The predicted octanol–water partition coefficient (Wildman–Crippen LogP) is 5.71. The summed E-state index contributed by atoms with van der Waals surface area (Å²) in [4.78, 5) is 58.4. The Morgan fingerprint density at radius 2 is 1.84 bits per heavy atom. The Hall–Kier alpha value is -3.97. The smallest absolute Gasteiger partial charge is 0.433 e. The van der Waals surface area contributed by atoms with Crippen LogP contribution in [0.15, 0.2) is 63.2 Å². The second kappa shape index (κ2) is 10.8. The zero-order valence-electron chi connectivity index (χ0n) is 23.9. The first-order valence-corrected chi connectivity index (χ1v) is 14.9. The van der Waals surface area contributed by atoms with E-state index in [1.807, 2.05) is 0 Å². The maximum Gasteiger partial charge on any atom is 0.433 e. The normalized spacial score (nSPS) is 24.7. The second-order valence-corrected chi connectivity index (χ2v) is 12.6. The van der Waals surface area contributed by atoms with Crippen LogP contribution < -0.4 is 9.75 Å². The molecule has 45 heavy (non-hydrogen) atoms. The molecule has 6 rings (SSSR count). The molecule has 2 aromatic rings. The van der Waals surface area contributed by atoms with E-state index in [0.717, 1.165) is 16.1 Å². The van der Waals surface area contributed by atoms with Crippen molar-refractivity contribution in [1.29, 1.82) is 0 Å². The van der Waals surface area contributed by atoms with Gasteiger partial charge in [-0.15, -0.1) is 0 Å². The van der Waals surface area contributed by atoms with Gasteiger partial charge in [-0.3, -0.25) is 24.2 Å². The highest BCUT2D eigenvalue weighted by molar-refractivity contribution is 9.10. The summed E-state index contributed by atoms with van der Waals surface area (Å²) in [6.45, 7) is 1.53.